The van der Waals surface area contributed by atoms with E-state index in [4.69, 9.17) is 0 Å². The molecule has 6 unspecified atom stereocenters. The van der Waals surface area contributed by atoms with Crippen LogP contribution in [0.15, 0.2) is 78.0 Å². The molecule has 0 bridgehead atoms. The summed E-state index contributed by atoms with van der Waals surface area (Å²) in [6.45, 7) is 22.4. The summed E-state index contributed by atoms with van der Waals surface area (Å²) in [6.07, 6.45) is 121. The first-order chi connectivity index (χ1) is 59.6. The van der Waals surface area contributed by atoms with Gasteiger partial charge in [0.25, 0.3) is 0 Å². The molecule has 2 aliphatic carbocycles. The maximum atomic E-state index is 4.48. The van der Waals surface area contributed by atoms with Crippen molar-refractivity contribution < 1.29 is 0 Å². The van der Waals surface area contributed by atoms with E-state index < -0.39 is 0 Å². The lowest BCUT2D eigenvalue weighted by Crippen LogP contribution is -2.33. The molecule has 0 aliphatic heterocycles. The van der Waals surface area contributed by atoms with Crippen LogP contribution in [0.5, 0.6) is 0 Å². The van der Waals surface area contributed by atoms with Crippen molar-refractivity contribution in [2.24, 2.45) is 29.6 Å². The smallest absolute Gasteiger partial charge is 0.106 e. The molecule has 1 aromatic heterocycles. The Hall–Kier alpha value is -0.300. The van der Waals surface area contributed by atoms with Crippen LogP contribution < -0.4 is 0 Å². The van der Waals surface area contributed by atoms with Crippen LogP contribution in [0.1, 0.15) is 497 Å². The van der Waals surface area contributed by atoms with Crippen molar-refractivity contribution >= 4 is 55.8 Å². The summed E-state index contributed by atoms with van der Waals surface area (Å²) in [6, 6.07) is 6.89. The predicted molar refractivity (Wildman–Crippen MR) is 566 cm³/mol. The van der Waals surface area contributed by atoms with Crippen molar-refractivity contribution in [1.29, 1.82) is 0 Å². The van der Waals surface area contributed by atoms with Gasteiger partial charge in [0.1, 0.15) is 5.03 Å². The van der Waals surface area contributed by atoms with Crippen LogP contribution >= 0.6 is 55.8 Å². The molecule has 5 nitrogen and oxygen atoms in total. The Morgan fingerprint density at radius 1 is 0.314 bits per heavy atom. The minimum absolute atomic E-state index is 0.794. The summed E-state index contributed by atoms with van der Waals surface area (Å²) in [5.74, 6) is 10.1. The minimum atomic E-state index is 0.794. The molecule has 2 saturated carbocycles. The van der Waals surface area contributed by atoms with Gasteiger partial charge in [0.15, 0.2) is 0 Å². The Balaban J connectivity index is 0.000000983. The molecule has 1 heterocycles. The van der Waals surface area contributed by atoms with Crippen LogP contribution in [-0.2, 0) is 0 Å². The highest BCUT2D eigenvalue weighted by Crippen LogP contribution is 2.47. The summed E-state index contributed by atoms with van der Waals surface area (Å²) < 4.78 is 0. The van der Waals surface area contributed by atoms with Gasteiger partial charge in [-0.1, -0.05) is 475 Å². The topological polar surface area (TPSA) is 25.9 Å². The van der Waals surface area contributed by atoms with Gasteiger partial charge in [0.2, 0.25) is 0 Å². The summed E-state index contributed by atoms with van der Waals surface area (Å²) in [7, 11) is 17.2. The number of nitrogens with zero attached hydrogens (tertiary/aromatic N) is 5. The fourth-order valence-corrected chi connectivity index (χ4v) is 22.3. The van der Waals surface area contributed by atoms with Crippen LogP contribution in [0, 0.1) is 29.6 Å². The quantitative estimate of drug-likeness (QED) is 0.0296. The van der Waals surface area contributed by atoms with Crippen LogP contribution in [0.4, 0.5) is 0 Å². The van der Waals surface area contributed by atoms with Gasteiger partial charge in [0, 0.05) is 61.4 Å². The van der Waals surface area contributed by atoms with Crippen molar-refractivity contribution in [3.63, 3.8) is 0 Å². The third-order valence-electron chi connectivity index (χ3n) is 26.7. The van der Waals surface area contributed by atoms with E-state index in [0.717, 1.165) is 78.1 Å². The number of thiol groups is 1. The lowest BCUT2D eigenvalue weighted by Gasteiger charge is -2.28. The molecule has 2 fully saturated rings. The molecule has 2 aliphatic rings. The number of allylic oxidation sites excluding steroid dienone is 8. The van der Waals surface area contributed by atoms with Gasteiger partial charge < -0.3 is 19.6 Å². The molecule has 0 aromatic carbocycles. The molecule has 121 heavy (non-hydrogen) atoms. The largest absolute Gasteiger partial charge is 0.306 e. The summed E-state index contributed by atoms with van der Waals surface area (Å²) >= 11 is 4.48. The minimum Gasteiger partial charge on any atom is -0.306 e. The molecule has 3 rings (SSSR count). The van der Waals surface area contributed by atoms with Gasteiger partial charge >= 0.3 is 0 Å². The van der Waals surface area contributed by atoms with E-state index in [-0.39, 0.29) is 0 Å². The average Bonchev–Trinajstić information content (AvgIpc) is 1.71. The highest BCUT2D eigenvalue weighted by molar-refractivity contribution is 8.77. The van der Waals surface area contributed by atoms with Gasteiger partial charge in [0.05, 0.1) is 0 Å². The van der Waals surface area contributed by atoms with Crippen molar-refractivity contribution in [3.05, 3.63) is 73.0 Å². The highest BCUT2D eigenvalue weighted by atomic mass is 33.1. The van der Waals surface area contributed by atoms with E-state index in [0.29, 0.717) is 0 Å². The van der Waals surface area contributed by atoms with Gasteiger partial charge in [-0.3, -0.25) is 0 Å². The molecule has 0 amide bonds. The number of rotatable bonds is 94. The number of hydrogen-bond donors (Lipinski definition) is 1. The Kier molecular flexibility index (Phi) is 95.4. The molecule has 6 atom stereocenters. The number of hydrogen-bond acceptors (Lipinski definition) is 10. The van der Waals surface area contributed by atoms with E-state index in [1.54, 1.807) is 36.5 Å². The van der Waals surface area contributed by atoms with Crippen molar-refractivity contribution in [1.82, 2.24) is 24.6 Å². The van der Waals surface area contributed by atoms with E-state index in [1.807, 2.05) is 29.1 Å². The molecule has 0 saturated heterocycles. The normalized spacial score (nSPS) is 15.9. The SMILES string of the molecule is CCCCC/C=C\C/C=C\CCCCCCCCN(C)CCSSCCN(C)CCC(CCCCCCCCC)CCCCCCCC1CC1CCCCCCCC.CCCCC/C=C\C/C=C\CCCCCCCCN(C)CCSSc1ccccn1.CCCCCCCCCC(CCCCCCCC1CC1CCCCCCCC)N(C)CCS. The van der Waals surface area contributed by atoms with Crippen LogP contribution in [0.2, 0.25) is 0 Å². The molecule has 0 radical (unpaired) electrons. The van der Waals surface area contributed by atoms with E-state index >= 15 is 0 Å². The molecule has 712 valence electrons. The molecule has 1 aromatic rings. The zero-order chi connectivity index (χ0) is 87.4. The first-order valence-corrected chi connectivity index (χ1v) is 59.5. The van der Waals surface area contributed by atoms with E-state index in [2.05, 4.69) is 183 Å². The van der Waals surface area contributed by atoms with Crippen LogP contribution in [0.3, 0.4) is 0 Å². The Morgan fingerprint density at radius 2 is 0.612 bits per heavy atom. The van der Waals surface area contributed by atoms with Crippen molar-refractivity contribution in [2.45, 2.75) is 508 Å². The Morgan fingerprint density at radius 3 is 0.959 bits per heavy atom. The number of pyridine rings is 1. The van der Waals surface area contributed by atoms with E-state index in [1.165, 1.54) is 462 Å². The molecular formula is C111H213N5S5. The highest BCUT2D eigenvalue weighted by Gasteiger charge is 2.36. The first kappa shape index (κ1) is 119. The zero-order valence-corrected chi connectivity index (χ0v) is 87.4. The molecule has 0 spiro atoms. The third kappa shape index (κ3) is 87.5. The molecule has 10 heteroatoms. The number of aromatic nitrogens is 1. The second-order valence-electron chi connectivity index (χ2n) is 38.4. The van der Waals surface area contributed by atoms with Crippen molar-refractivity contribution in [2.75, 3.05) is 97.0 Å². The van der Waals surface area contributed by atoms with E-state index in [9.17, 15) is 0 Å². The average molecular weight is 1780 g/mol. The Labute approximate surface area is 782 Å². The lowest BCUT2D eigenvalue weighted by atomic mass is 9.91. The van der Waals surface area contributed by atoms with Gasteiger partial charge in [-0.2, -0.15) is 12.6 Å². The standard InChI is InChI=1S/C54H106N2S2.C31H63NS.C26H44N2S2/c1-6-9-12-15-18-19-20-21-22-23-24-25-26-28-34-39-45-55(4)47-49-57-58-50-48-56(5)46-44-52(40-35-30-27-16-13-10-7-2)41-36-31-29-33-38-43-54-51-53(54)42-37-32-17-14-11-8-3;1-4-6-8-10-12-16-20-24-31(32(3)26-27-33)25-21-17-13-15-19-23-30-28-29(30)22-18-14-11-9-7-5-2;1-3-4-5-6-7-8-9-10-11-12-13-14-15-16-17-20-23-28(2)24-25-29-30-26-21-18-19-22-27-26/h18-19,21-22,52-54H,6-17,20,23-51H2,1-5H3;29-31,33H,4-28H2,1-3H3;7-8,10-11,18-19,21-22H,3-6,9,12-17,20,23-25H2,1-2H3/b19-18-,22-21-;;8-7-,11-10-. The maximum absolute atomic E-state index is 4.48. The van der Waals surface area contributed by atoms with Gasteiger partial charge in [-0.15, -0.1) is 0 Å². The first-order valence-electron chi connectivity index (χ1n) is 54.1. The third-order valence-corrected chi connectivity index (χ3v) is 31.5. The second kappa shape index (κ2) is 97.2. The van der Waals surface area contributed by atoms with Gasteiger partial charge in [-0.25, -0.2) is 4.98 Å². The van der Waals surface area contributed by atoms with Crippen LogP contribution in [0.25, 0.3) is 0 Å². The van der Waals surface area contributed by atoms with Crippen LogP contribution in [-0.4, -0.2) is 128 Å². The van der Waals surface area contributed by atoms with Gasteiger partial charge in [-0.05, 0) is 209 Å². The van der Waals surface area contributed by atoms with Crippen molar-refractivity contribution in [3.8, 4) is 0 Å². The molecular weight excluding hydrogens is 1560 g/mol. The predicted octanol–water partition coefficient (Wildman–Crippen LogP) is 37.4. The molecule has 0 N–H and O–H groups in total. The zero-order valence-electron chi connectivity index (χ0n) is 83.2. The maximum Gasteiger partial charge on any atom is 0.106 e. The summed E-state index contributed by atoms with van der Waals surface area (Å²) in [4.78, 5) is 14.6. The Bertz CT molecular complexity index is 2270. The lowest BCUT2D eigenvalue weighted by molar-refractivity contribution is 0.221. The fourth-order valence-electron chi connectivity index (χ4n) is 17.9. The monoisotopic (exact) mass is 1780 g/mol. The summed E-state index contributed by atoms with van der Waals surface area (Å²) in [5, 5.41) is 1.11. The summed E-state index contributed by atoms with van der Waals surface area (Å²) in [5.41, 5.74) is 0. The number of unbranched alkanes of at least 4 members (excludes halogenated alkanes) is 48. The second-order valence-corrected chi connectivity index (χ2v) is 44.0. The fraction of sp³-hybridized carbons (Fsp3) is 0.883.